The second kappa shape index (κ2) is 9.41. The molecule has 0 radical (unpaired) electrons. The number of hydrogen-bond acceptors (Lipinski definition) is 7. The number of hydrogen-bond donors (Lipinski definition) is 0. The standard InChI is InChI=1S/C20H21F5N6O2/c1-32-14-4-6-30(17-8-27-13-7-28-31(10-16(21)22)19(13)29-17)9-12(14)11-33-15-3-2-5-26-18(15)20(23,24)25/h2-3,5,7-8,12,14,16H,4,6,9-11H2,1H3/t12-,14+/m0/s1. The number of alkyl halides is 5. The molecule has 0 bridgehead atoms. The Balaban J connectivity index is 1.52. The van der Waals surface area contributed by atoms with Crippen LogP contribution < -0.4 is 9.64 Å². The normalized spacial score (nSPS) is 19.4. The van der Waals surface area contributed by atoms with Crippen molar-refractivity contribution in [2.75, 3.05) is 31.7 Å². The number of pyridine rings is 1. The van der Waals surface area contributed by atoms with E-state index in [0.29, 0.717) is 30.8 Å². The summed E-state index contributed by atoms with van der Waals surface area (Å²) in [6.07, 6.45) is -2.95. The molecule has 1 saturated heterocycles. The van der Waals surface area contributed by atoms with E-state index < -0.39 is 24.8 Å². The highest BCUT2D eigenvalue weighted by Gasteiger charge is 2.37. The Hall–Kier alpha value is -3.09. The molecule has 0 amide bonds. The van der Waals surface area contributed by atoms with Crippen molar-refractivity contribution in [3.63, 3.8) is 0 Å². The number of ether oxygens (including phenoxy) is 2. The van der Waals surface area contributed by atoms with Crippen LogP contribution in [0.25, 0.3) is 11.2 Å². The van der Waals surface area contributed by atoms with Crippen LogP contribution in [0.4, 0.5) is 27.8 Å². The minimum absolute atomic E-state index is 0.0389. The molecule has 1 aliphatic rings. The van der Waals surface area contributed by atoms with E-state index in [0.717, 1.165) is 10.9 Å². The average Bonchev–Trinajstić information content (AvgIpc) is 3.18. The molecule has 0 unspecified atom stereocenters. The molecule has 1 aliphatic heterocycles. The Morgan fingerprint density at radius 3 is 2.76 bits per heavy atom. The number of rotatable bonds is 7. The van der Waals surface area contributed by atoms with Gasteiger partial charge in [0.05, 0.1) is 25.1 Å². The van der Waals surface area contributed by atoms with Gasteiger partial charge in [0.1, 0.15) is 23.6 Å². The molecule has 3 aromatic rings. The van der Waals surface area contributed by atoms with Crippen molar-refractivity contribution >= 4 is 17.0 Å². The Morgan fingerprint density at radius 2 is 2.03 bits per heavy atom. The van der Waals surface area contributed by atoms with Gasteiger partial charge in [-0.2, -0.15) is 18.3 Å². The van der Waals surface area contributed by atoms with Crippen molar-refractivity contribution in [3.05, 3.63) is 36.4 Å². The molecule has 3 aromatic heterocycles. The summed E-state index contributed by atoms with van der Waals surface area (Å²) in [4.78, 5) is 14.0. The lowest BCUT2D eigenvalue weighted by Gasteiger charge is -2.38. The Bertz CT molecular complexity index is 1090. The first-order valence-corrected chi connectivity index (χ1v) is 10.2. The molecule has 4 heterocycles. The number of aromatic nitrogens is 5. The summed E-state index contributed by atoms with van der Waals surface area (Å²) in [7, 11) is 1.54. The van der Waals surface area contributed by atoms with Gasteiger partial charge in [-0.25, -0.2) is 28.4 Å². The van der Waals surface area contributed by atoms with E-state index in [2.05, 4.69) is 20.1 Å². The van der Waals surface area contributed by atoms with Crippen LogP contribution >= 0.6 is 0 Å². The van der Waals surface area contributed by atoms with Crippen LogP contribution in [0.5, 0.6) is 5.75 Å². The zero-order valence-corrected chi connectivity index (χ0v) is 17.5. The molecule has 4 rings (SSSR count). The van der Waals surface area contributed by atoms with E-state index in [9.17, 15) is 22.0 Å². The fourth-order valence-electron chi connectivity index (χ4n) is 3.86. The van der Waals surface area contributed by atoms with Crippen molar-refractivity contribution in [3.8, 4) is 5.75 Å². The van der Waals surface area contributed by atoms with Gasteiger partial charge in [0.2, 0.25) is 0 Å². The summed E-state index contributed by atoms with van der Waals surface area (Å²) in [5.41, 5.74) is -0.461. The van der Waals surface area contributed by atoms with Crippen LogP contribution in [-0.4, -0.2) is 64.1 Å². The summed E-state index contributed by atoms with van der Waals surface area (Å²) < 4.78 is 77.4. The smallest absolute Gasteiger partial charge is 0.437 e. The predicted molar refractivity (Wildman–Crippen MR) is 107 cm³/mol. The van der Waals surface area contributed by atoms with Crippen molar-refractivity contribution in [1.82, 2.24) is 24.7 Å². The highest BCUT2D eigenvalue weighted by Crippen LogP contribution is 2.35. The zero-order valence-electron chi connectivity index (χ0n) is 17.5. The van der Waals surface area contributed by atoms with E-state index >= 15 is 0 Å². The van der Waals surface area contributed by atoms with E-state index in [4.69, 9.17) is 9.47 Å². The number of anilines is 1. The third-order valence-electron chi connectivity index (χ3n) is 5.43. The van der Waals surface area contributed by atoms with Gasteiger partial charge in [-0.1, -0.05) is 0 Å². The van der Waals surface area contributed by atoms with E-state index in [-0.39, 0.29) is 30.0 Å². The highest BCUT2D eigenvalue weighted by molar-refractivity contribution is 5.71. The SMILES string of the molecule is CO[C@@H]1CCN(c2cnc3cnn(CC(F)F)c3n2)C[C@H]1COc1cccnc1C(F)(F)F. The fraction of sp³-hybridized carbons (Fsp3) is 0.500. The van der Waals surface area contributed by atoms with Crippen LogP contribution in [0.1, 0.15) is 12.1 Å². The molecule has 0 aromatic carbocycles. The summed E-state index contributed by atoms with van der Waals surface area (Å²) in [6, 6.07) is 2.60. The van der Waals surface area contributed by atoms with Gasteiger partial charge in [0.25, 0.3) is 6.43 Å². The van der Waals surface area contributed by atoms with Gasteiger partial charge in [-0.05, 0) is 18.6 Å². The number of fused-ring (bicyclic) bond motifs is 1. The van der Waals surface area contributed by atoms with Gasteiger partial charge in [-0.3, -0.25) is 0 Å². The lowest BCUT2D eigenvalue weighted by atomic mass is 9.95. The van der Waals surface area contributed by atoms with Gasteiger partial charge < -0.3 is 14.4 Å². The third-order valence-corrected chi connectivity index (χ3v) is 5.43. The largest absolute Gasteiger partial charge is 0.491 e. The summed E-state index contributed by atoms with van der Waals surface area (Å²) in [6.45, 7) is 0.265. The zero-order chi connectivity index (χ0) is 23.6. The molecular formula is C20H21F5N6O2. The first-order chi connectivity index (χ1) is 15.8. The van der Waals surface area contributed by atoms with Crippen LogP contribution in [0.2, 0.25) is 0 Å². The molecule has 0 spiro atoms. The minimum atomic E-state index is -4.64. The molecule has 0 aliphatic carbocycles. The first-order valence-electron chi connectivity index (χ1n) is 10.2. The molecule has 0 saturated carbocycles. The van der Waals surface area contributed by atoms with E-state index in [1.54, 1.807) is 0 Å². The maximum Gasteiger partial charge on any atom is 0.437 e. The maximum absolute atomic E-state index is 13.2. The number of halogens is 5. The topological polar surface area (TPSA) is 78.2 Å². The fourth-order valence-corrected chi connectivity index (χ4v) is 3.86. The van der Waals surface area contributed by atoms with Gasteiger partial charge in [0, 0.05) is 32.3 Å². The van der Waals surface area contributed by atoms with Crippen LogP contribution in [-0.2, 0) is 17.5 Å². The molecular weight excluding hydrogens is 451 g/mol. The first kappa shape index (κ1) is 23.1. The summed E-state index contributed by atoms with van der Waals surface area (Å²) >= 11 is 0. The monoisotopic (exact) mass is 472 g/mol. The maximum atomic E-state index is 13.2. The number of methoxy groups -OCH3 is 1. The minimum Gasteiger partial charge on any atom is -0.491 e. The Labute approximate surface area is 185 Å². The molecule has 2 atom stereocenters. The number of piperidine rings is 1. The van der Waals surface area contributed by atoms with Gasteiger partial charge >= 0.3 is 6.18 Å². The Morgan fingerprint density at radius 1 is 1.21 bits per heavy atom. The summed E-state index contributed by atoms with van der Waals surface area (Å²) in [5, 5.41) is 3.91. The Kier molecular flexibility index (Phi) is 6.58. The molecule has 33 heavy (non-hydrogen) atoms. The molecule has 13 heteroatoms. The van der Waals surface area contributed by atoms with Crippen LogP contribution in [0.3, 0.4) is 0 Å². The van der Waals surface area contributed by atoms with Crippen LogP contribution in [0.15, 0.2) is 30.7 Å². The number of nitrogens with zero attached hydrogens (tertiary/aromatic N) is 6. The highest BCUT2D eigenvalue weighted by atomic mass is 19.4. The predicted octanol–water partition coefficient (Wildman–Crippen LogP) is 3.43. The quantitative estimate of drug-likeness (QED) is 0.488. The molecule has 178 valence electrons. The summed E-state index contributed by atoms with van der Waals surface area (Å²) in [5.74, 6) is -0.182. The average molecular weight is 472 g/mol. The van der Waals surface area contributed by atoms with Gasteiger partial charge in [0.15, 0.2) is 11.3 Å². The lowest BCUT2D eigenvalue weighted by molar-refractivity contribution is -0.142. The second-order valence-corrected chi connectivity index (χ2v) is 7.58. The van der Waals surface area contributed by atoms with Crippen molar-refractivity contribution < 1.29 is 31.4 Å². The third kappa shape index (κ3) is 5.13. The van der Waals surface area contributed by atoms with Crippen molar-refractivity contribution in [2.45, 2.75) is 31.7 Å². The molecule has 8 nitrogen and oxygen atoms in total. The van der Waals surface area contributed by atoms with Crippen molar-refractivity contribution in [2.24, 2.45) is 5.92 Å². The van der Waals surface area contributed by atoms with E-state index in [1.807, 2.05) is 4.90 Å². The second-order valence-electron chi connectivity index (χ2n) is 7.58. The van der Waals surface area contributed by atoms with Crippen LogP contribution in [0, 0.1) is 5.92 Å². The lowest BCUT2D eigenvalue weighted by Crippen LogP contribution is -2.46. The van der Waals surface area contributed by atoms with Crippen molar-refractivity contribution in [1.29, 1.82) is 0 Å². The van der Waals surface area contributed by atoms with E-state index in [1.165, 1.54) is 31.6 Å². The molecule has 1 fully saturated rings. The molecule has 0 N–H and O–H groups in total. The van der Waals surface area contributed by atoms with Gasteiger partial charge in [-0.15, -0.1) is 0 Å².